The van der Waals surface area contributed by atoms with Crippen LogP contribution in [0.1, 0.15) is 47.1 Å². The van der Waals surface area contributed by atoms with Crippen LogP contribution in [-0.2, 0) is 25.5 Å². The van der Waals surface area contributed by atoms with Crippen LogP contribution in [0.4, 0.5) is 10.5 Å². The molecule has 0 spiro atoms. The Morgan fingerprint density at radius 1 is 1.00 bits per heavy atom. The van der Waals surface area contributed by atoms with Crippen molar-refractivity contribution in [2.24, 2.45) is 0 Å². The van der Waals surface area contributed by atoms with E-state index >= 15 is 0 Å². The van der Waals surface area contributed by atoms with Crippen molar-refractivity contribution in [1.29, 1.82) is 0 Å². The zero-order chi connectivity index (χ0) is 29.9. The number of hydrogen-bond donors (Lipinski definition) is 1. The molecule has 0 fully saturated rings. The number of carbonyl (C=O) groups excluding carboxylic acids is 4. The fraction of sp³-hybridized carbons (Fsp3) is 0.333. The number of hydrogen-bond acceptors (Lipinski definition) is 9. The second kappa shape index (κ2) is 11.7. The van der Waals surface area contributed by atoms with E-state index in [0.717, 1.165) is 5.39 Å². The first kappa shape index (κ1) is 29.2. The molecule has 1 atom stereocenters. The maximum absolute atomic E-state index is 14.0. The number of anilines is 1. The van der Waals surface area contributed by atoms with E-state index < -0.39 is 35.6 Å². The third kappa shape index (κ3) is 6.19. The molecular weight excluding hydrogens is 532 g/mol. The van der Waals surface area contributed by atoms with Gasteiger partial charge in [0, 0.05) is 5.56 Å². The van der Waals surface area contributed by atoms with Gasteiger partial charge in [0.1, 0.15) is 29.6 Å². The SMILES string of the molecule is COC(=O)c1ccc2c(CN3C(=O)C(NC(=O)OC(C)(C)C)COc4c(C(=O)OC)cccc43)c(OC)ccc2c1. The summed E-state index contributed by atoms with van der Waals surface area (Å²) in [5.41, 5.74) is 0.621. The predicted molar refractivity (Wildman–Crippen MR) is 149 cm³/mol. The van der Waals surface area contributed by atoms with Crippen molar-refractivity contribution in [3.8, 4) is 11.5 Å². The molecule has 0 saturated heterocycles. The summed E-state index contributed by atoms with van der Waals surface area (Å²) in [6, 6.07) is 12.2. The quantitative estimate of drug-likeness (QED) is 0.345. The van der Waals surface area contributed by atoms with Gasteiger partial charge in [0.05, 0.1) is 39.1 Å². The van der Waals surface area contributed by atoms with Crippen molar-refractivity contribution in [1.82, 2.24) is 5.32 Å². The van der Waals surface area contributed by atoms with Crippen LogP contribution in [0, 0.1) is 0 Å². The lowest BCUT2D eigenvalue weighted by molar-refractivity contribution is -0.121. The van der Waals surface area contributed by atoms with Crippen molar-refractivity contribution < 1.29 is 42.9 Å². The third-order valence-electron chi connectivity index (χ3n) is 6.39. The molecule has 216 valence electrons. The van der Waals surface area contributed by atoms with E-state index in [4.69, 9.17) is 23.7 Å². The van der Waals surface area contributed by atoms with E-state index in [1.165, 1.54) is 32.3 Å². The average molecular weight is 565 g/mol. The summed E-state index contributed by atoms with van der Waals surface area (Å²) in [6.45, 7) is 4.85. The summed E-state index contributed by atoms with van der Waals surface area (Å²) in [7, 11) is 4.07. The van der Waals surface area contributed by atoms with Gasteiger partial charge in [-0.15, -0.1) is 0 Å². The van der Waals surface area contributed by atoms with Crippen LogP contribution in [0.2, 0.25) is 0 Å². The fourth-order valence-electron chi connectivity index (χ4n) is 4.55. The molecule has 0 bridgehead atoms. The lowest BCUT2D eigenvalue weighted by atomic mass is 10.00. The number of nitrogens with zero attached hydrogens (tertiary/aromatic N) is 1. The van der Waals surface area contributed by atoms with Gasteiger partial charge in [-0.05, 0) is 61.9 Å². The highest BCUT2D eigenvalue weighted by atomic mass is 16.6. The second-order valence-corrected chi connectivity index (χ2v) is 10.3. The normalized spacial score (nSPS) is 14.8. The fourth-order valence-corrected chi connectivity index (χ4v) is 4.55. The van der Waals surface area contributed by atoms with E-state index in [9.17, 15) is 19.2 Å². The monoisotopic (exact) mass is 564 g/mol. The summed E-state index contributed by atoms with van der Waals surface area (Å²) in [5, 5.41) is 4.03. The van der Waals surface area contributed by atoms with E-state index in [0.29, 0.717) is 28.0 Å². The molecule has 11 nitrogen and oxygen atoms in total. The van der Waals surface area contributed by atoms with Gasteiger partial charge in [0.2, 0.25) is 0 Å². The smallest absolute Gasteiger partial charge is 0.408 e. The van der Waals surface area contributed by atoms with Gasteiger partial charge in [-0.25, -0.2) is 14.4 Å². The molecule has 41 heavy (non-hydrogen) atoms. The molecule has 1 heterocycles. The number of alkyl carbamates (subject to hydrolysis) is 1. The Balaban J connectivity index is 1.84. The lowest BCUT2D eigenvalue weighted by Gasteiger charge is -2.27. The summed E-state index contributed by atoms with van der Waals surface area (Å²) in [6.07, 6.45) is -0.795. The molecular formula is C30H32N2O9. The van der Waals surface area contributed by atoms with E-state index in [1.807, 2.05) is 0 Å². The van der Waals surface area contributed by atoms with Gasteiger partial charge in [-0.3, -0.25) is 4.79 Å². The molecule has 3 aromatic rings. The van der Waals surface area contributed by atoms with Gasteiger partial charge in [0.25, 0.3) is 5.91 Å². The molecule has 1 N–H and O–H groups in total. The molecule has 4 rings (SSSR count). The first-order valence-electron chi connectivity index (χ1n) is 12.8. The van der Waals surface area contributed by atoms with Crippen LogP contribution in [0.3, 0.4) is 0 Å². The Morgan fingerprint density at radius 3 is 2.39 bits per heavy atom. The predicted octanol–water partition coefficient (Wildman–Crippen LogP) is 4.24. The number of carbonyl (C=O) groups is 4. The number of nitrogens with one attached hydrogen (secondary N) is 1. The summed E-state index contributed by atoms with van der Waals surface area (Å²) in [4.78, 5) is 52.8. The first-order valence-corrected chi connectivity index (χ1v) is 12.8. The van der Waals surface area contributed by atoms with Crippen molar-refractivity contribution >= 4 is 40.4 Å². The Morgan fingerprint density at radius 2 is 1.73 bits per heavy atom. The molecule has 1 aliphatic rings. The molecule has 0 aromatic heterocycles. The van der Waals surface area contributed by atoms with Gasteiger partial charge in [0.15, 0.2) is 5.75 Å². The number of rotatable bonds is 6. The molecule has 3 aromatic carbocycles. The van der Waals surface area contributed by atoms with Crippen LogP contribution < -0.4 is 19.7 Å². The molecule has 0 saturated carbocycles. The third-order valence-corrected chi connectivity index (χ3v) is 6.39. The standard InChI is InChI=1S/C30H32N2O9/c1-30(2,3)41-29(36)31-22-16-40-25-20(28(35)39-6)8-7-9-23(25)32(26(22)33)15-21-19-12-10-18(27(34)38-5)14-17(19)11-13-24(21)37-4/h7-14,22H,15-16H2,1-6H3,(H,31,36). The first-order chi connectivity index (χ1) is 19.5. The number of methoxy groups -OCH3 is 3. The number of ether oxygens (including phenoxy) is 5. The number of amides is 2. The number of fused-ring (bicyclic) bond motifs is 2. The Bertz CT molecular complexity index is 1510. The maximum atomic E-state index is 14.0. The molecule has 0 radical (unpaired) electrons. The van der Waals surface area contributed by atoms with Gasteiger partial charge in [-0.2, -0.15) is 0 Å². The lowest BCUT2D eigenvalue weighted by Crippen LogP contribution is -2.51. The van der Waals surface area contributed by atoms with Crippen LogP contribution in [0.15, 0.2) is 48.5 Å². The number of esters is 2. The Hall–Kier alpha value is -4.80. The van der Waals surface area contributed by atoms with Crippen molar-refractivity contribution in [3.05, 3.63) is 65.2 Å². The van der Waals surface area contributed by atoms with E-state index in [2.05, 4.69) is 5.32 Å². The van der Waals surface area contributed by atoms with Crippen molar-refractivity contribution in [3.63, 3.8) is 0 Å². The highest BCUT2D eigenvalue weighted by molar-refractivity contribution is 6.04. The van der Waals surface area contributed by atoms with Crippen LogP contribution in [0.25, 0.3) is 10.8 Å². The minimum absolute atomic E-state index is 0.0234. The maximum Gasteiger partial charge on any atom is 0.408 e. The van der Waals surface area contributed by atoms with Gasteiger partial charge < -0.3 is 33.9 Å². The zero-order valence-electron chi connectivity index (χ0n) is 23.7. The van der Waals surface area contributed by atoms with Gasteiger partial charge >= 0.3 is 18.0 Å². The minimum atomic E-state index is -1.14. The zero-order valence-corrected chi connectivity index (χ0v) is 23.7. The molecule has 11 heteroatoms. The average Bonchev–Trinajstić information content (AvgIpc) is 3.07. The van der Waals surface area contributed by atoms with Crippen LogP contribution in [0.5, 0.6) is 11.5 Å². The molecule has 2 amide bonds. The van der Waals surface area contributed by atoms with Crippen LogP contribution >= 0.6 is 0 Å². The summed E-state index contributed by atoms with van der Waals surface area (Å²) >= 11 is 0. The summed E-state index contributed by atoms with van der Waals surface area (Å²) in [5.74, 6) is -1.01. The topological polar surface area (TPSA) is 130 Å². The van der Waals surface area contributed by atoms with Gasteiger partial charge in [-0.1, -0.05) is 18.2 Å². The Kier molecular flexibility index (Phi) is 8.36. The Labute approximate surface area is 237 Å². The molecule has 1 unspecified atom stereocenters. The molecule has 0 aliphatic carbocycles. The largest absolute Gasteiger partial charge is 0.496 e. The highest BCUT2D eigenvalue weighted by Gasteiger charge is 2.36. The van der Waals surface area contributed by atoms with Crippen LogP contribution in [-0.4, -0.2) is 63.5 Å². The van der Waals surface area contributed by atoms with E-state index in [-0.39, 0.29) is 24.5 Å². The highest BCUT2D eigenvalue weighted by Crippen LogP contribution is 2.38. The second-order valence-electron chi connectivity index (χ2n) is 10.3. The number of para-hydroxylation sites is 1. The van der Waals surface area contributed by atoms with Crippen molar-refractivity contribution in [2.75, 3.05) is 32.8 Å². The summed E-state index contributed by atoms with van der Waals surface area (Å²) < 4.78 is 26.8. The molecule has 1 aliphatic heterocycles. The van der Waals surface area contributed by atoms with Crippen molar-refractivity contribution in [2.45, 2.75) is 39.0 Å². The number of benzene rings is 3. The van der Waals surface area contributed by atoms with E-state index in [1.54, 1.807) is 63.2 Å². The minimum Gasteiger partial charge on any atom is -0.496 e.